The molecule has 0 radical (unpaired) electrons. The van der Waals surface area contributed by atoms with E-state index >= 15 is 0 Å². The molecule has 0 saturated carbocycles. The molecule has 3 heteroatoms. The summed E-state index contributed by atoms with van der Waals surface area (Å²) in [6, 6.07) is 13.3. The second-order valence-electron chi connectivity index (χ2n) is 4.96. The molecule has 0 atom stereocenters. The van der Waals surface area contributed by atoms with Crippen LogP contribution >= 0.6 is 0 Å². The highest BCUT2D eigenvalue weighted by Crippen LogP contribution is 2.21. The third-order valence-corrected chi connectivity index (χ3v) is 3.53. The molecule has 0 unspecified atom stereocenters. The molecule has 0 N–H and O–H groups in total. The molecular weight excluding hydrogens is 253 g/mol. The van der Waals surface area contributed by atoms with E-state index in [1.807, 2.05) is 6.20 Å². The number of ether oxygens (including phenoxy) is 1. The predicted molar refractivity (Wildman–Crippen MR) is 78.7 cm³/mol. The van der Waals surface area contributed by atoms with Gasteiger partial charge < -0.3 is 9.30 Å². The third-order valence-electron chi connectivity index (χ3n) is 3.53. The Bertz CT molecular complexity index is 761. The van der Waals surface area contributed by atoms with Crippen molar-refractivity contribution >= 4 is 10.9 Å². The maximum atomic E-state index is 14.0. The highest BCUT2D eigenvalue weighted by Gasteiger charge is 2.07. The number of aryl methyl sites for hydroxylation is 1. The average Bonchev–Trinajstić information content (AvgIpc) is 2.83. The van der Waals surface area contributed by atoms with E-state index in [1.54, 1.807) is 12.1 Å². The van der Waals surface area contributed by atoms with Gasteiger partial charge in [-0.25, -0.2) is 4.39 Å². The summed E-state index contributed by atoms with van der Waals surface area (Å²) in [4.78, 5) is 0. The van der Waals surface area contributed by atoms with Gasteiger partial charge in [-0.3, -0.25) is 0 Å². The molecule has 2 aromatic carbocycles. The first kappa shape index (κ1) is 12.7. The number of fused-ring (bicyclic) bond motifs is 1. The molecule has 1 aromatic heterocycles. The second-order valence-corrected chi connectivity index (χ2v) is 4.96. The summed E-state index contributed by atoms with van der Waals surface area (Å²) in [5.41, 5.74) is 3.00. The van der Waals surface area contributed by atoms with Gasteiger partial charge >= 0.3 is 0 Å². The summed E-state index contributed by atoms with van der Waals surface area (Å²) in [7, 11) is 1.54. The number of halogens is 1. The molecule has 0 amide bonds. The molecule has 2 nitrogen and oxygen atoms in total. The topological polar surface area (TPSA) is 14.2 Å². The van der Waals surface area contributed by atoms with Gasteiger partial charge in [-0.1, -0.05) is 17.7 Å². The lowest BCUT2D eigenvalue weighted by Crippen LogP contribution is -2.01. The maximum absolute atomic E-state index is 14.0. The number of rotatable bonds is 3. The van der Waals surface area contributed by atoms with Crippen LogP contribution in [0.15, 0.2) is 48.7 Å². The van der Waals surface area contributed by atoms with Crippen LogP contribution in [0.4, 0.5) is 4.39 Å². The van der Waals surface area contributed by atoms with Crippen molar-refractivity contribution < 1.29 is 9.13 Å². The number of hydrogen-bond donors (Lipinski definition) is 0. The quantitative estimate of drug-likeness (QED) is 0.697. The Balaban J connectivity index is 1.97. The van der Waals surface area contributed by atoms with Crippen molar-refractivity contribution in [2.24, 2.45) is 0 Å². The van der Waals surface area contributed by atoms with Crippen LogP contribution in [-0.4, -0.2) is 11.7 Å². The number of methoxy groups -OCH3 is 1. The summed E-state index contributed by atoms with van der Waals surface area (Å²) < 4.78 is 21.1. The van der Waals surface area contributed by atoms with Gasteiger partial charge in [-0.2, -0.15) is 0 Å². The first-order chi connectivity index (χ1) is 9.67. The molecule has 1 heterocycles. The van der Waals surface area contributed by atoms with Gasteiger partial charge in [0, 0.05) is 23.3 Å². The first-order valence-electron chi connectivity index (χ1n) is 6.55. The van der Waals surface area contributed by atoms with E-state index in [4.69, 9.17) is 4.74 Å². The van der Waals surface area contributed by atoms with Crippen LogP contribution in [0.1, 0.15) is 11.1 Å². The number of benzene rings is 2. The van der Waals surface area contributed by atoms with Crippen LogP contribution in [0.2, 0.25) is 0 Å². The van der Waals surface area contributed by atoms with E-state index in [0.29, 0.717) is 17.9 Å². The monoisotopic (exact) mass is 269 g/mol. The zero-order chi connectivity index (χ0) is 14.1. The predicted octanol–water partition coefficient (Wildman–Crippen LogP) is 4.15. The summed E-state index contributed by atoms with van der Waals surface area (Å²) in [5.74, 6) is 0.303. The van der Waals surface area contributed by atoms with Crippen LogP contribution < -0.4 is 4.74 Å². The second kappa shape index (κ2) is 5.00. The van der Waals surface area contributed by atoms with Crippen LogP contribution in [0.3, 0.4) is 0 Å². The highest BCUT2D eigenvalue weighted by atomic mass is 19.1. The van der Waals surface area contributed by atoms with Crippen LogP contribution in [0.25, 0.3) is 10.9 Å². The number of aromatic nitrogens is 1. The van der Waals surface area contributed by atoms with Crippen molar-refractivity contribution in [1.82, 2.24) is 4.57 Å². The van der Waals surface area contributed by atoms with Gasteiger partial charge in [0.1, 0.15) is 11.6 Å². The minimum Gasteiger partial charge on any atom is -0.497 e. The Hall–Kier alpha value is -2.29. The Morgan fingerprint density at radius 3 is 2.70 bits per heavy atom. The van der Waals surface area contributed by atoms with Crippen LogP contribution in [-0.2, 0) is 6.54 Å². The normalized spacial score (nSPS) is 10.9. The van der Waals surface area contributed by atoms with Gasteiger partial charge in [-0.15, -0.1) is 0 Å². The van der Waals surface area contributed by atoms with E-state index in [9.17, 15) is 4.39 Å². The number of hydrogen-bond acceptors (Lipinski definition) is 1. The molecule has 0 aliphatic rings. The molecular formula is C17H16FNO. The molecule has 0 saturated heterocycles. The average molecular weight is 269 g/mol. The third kappa shape index (κ3) is 2.27. The molecule has 3 rings (SSSR count). The maximum Gasteiger partial charge on any atom is 0.131 e. The standard InChI is InChI=1S/C17H16FNO/c1-12-3-6-17-13(9-12)7-8-19(17)11-14-4-5-15(20-2)10-16(14)18/h3-10H,11H2,1-2H3. The minimum absolute atomic E-state index is 0.238. The van der Waals surface area contributed by atoms with Gasteiger partial charge in [0.25, 0.3) is 0 Å². The summed E-state index contributed by atoms with van der Waals surface area (Å²) >= 11 is 0. The van der Waals surface area contributed by atoms with Crippen molar-refractivity contribution in [2.75, 3.05) is 7.11 Å². The van der Waals surface area contributed by atoms with Gasteiger partial charge in [-0.05, 0) is 36.6 Å². The summed E-state index contributed by atoms with van der Waals surface area (Å²) in [6.07, 6.45) is 1.99. The lowest BCUT2D eigenvalue weighted by molar-refractivity contribution is 0.410. The van der Waals surface area contributed by atoms with E-state index in [-0.39, 0.29) is 5.82 Å². The Kier molecular flexibility index (Phi) is 3.18. The van der Waals surface area contributed by atoms with Crippen LogP contribution in [0, 0.1) is 12.7 Å². The molecule has 0 aliphatic heterocycles. The van der Waals surface area contributed by atoms with Crippen molar-refractivity contribution in [3.63, 3.8) is 0 Å². The number of nitrogens with zero attached hydrogens (tertiary/aromatic N) is 1. The molecule has 20 heavy (non-hydrogen) atoms. The molecule has 3 aromatic rings. The Labute approximate surface area is 117 Å². The fourth-order valence-corrected chi connectivity index (χ4v) is 2.42. The van der Waals surface area contributed by atoms with Crippen molar-refractivity contribution in [2.45, 2.75) is 13.5 Å². The molecule has 0 bridgehead atoms. The largest absolute Gasteiger partial charge is 0.497 e. The lowest BCUT2D eigenvalue weighted by Gasteiger charge is -2.08. The van der Waals surface area contributed by atoms with Gasteiger partial charge in [0.05, 0.1) is 13.7 Å². The lowest BCUT2D eigenvalue weighted by atomic mass is 10.1. The molecule has 0 fully saturated rings. The highest BCUT2D eigenvalue weighted by molar-refractivity contribution is 5.80. The Morgan fingerprint density at radius 1 is 1.10 bits per heavy atom. The zero-order valence-electron chi connectivity index (χ0n) is 11.6. The zero-order valence-corrected chi connectivity index (χ0v) is 11.6. The van der Waals surface area contributed by atoms with E-state index in [2.05, 4.69) is 35.8 Å². The van der Waals surface area contributed by atoms with E-state index < -0.39 is 0 Å². The Morgan fingerprint density at radius 2 is 1.95 bits per heavy atom. The molecule has 102 valence electrons. The van der Waals surface area contributed by atoms with Gasteiger partial charge in [0.2, 0.25) is 0 Å². The molecule has 0 aliphatic carbocycles. The first-order valence-corrected chi connectivity index (χ1v) is 6.55. The fourth-order valence-electron chi connectivity index (χ4n) is 2.42. The van der Waals surface area contributed by atoms with Crippen molar-refractivity contribution in [3.05, 3.63) is 65.6 Å². The minimum atomic E-state index is -0.238. The fraction of sp³-hybridized carbons (Fsp3) is 0.176. The van der Waals surface area contributed by atoms with E-state index in [0.717, 1.165) is 5.52 Å². The SMILES string of the molecule is COc1ccc(Cn2ccc3cc(C)ccc32)c(F)c1. The molecule has 0 spiro atoms. The summed E-state index contributed by atoms with van der Waals surface area (Å²) in [6.45, 7) is 2.59. The van der Waals surface area contributed by atoms with Crippen molar-refractivity contribution in [3.8, 4) is 5.75 Å². The van der Waals surface area contributed by atoms with Crippen LogP contribution in [0.5, 0.6) is 5.75 Å². The van der Waals surface area contributed by atoms with E-state index in [1.165, 1.54) is 24.1 Å². The van der Waals surface area contributed by atoms with Crippen molar-refractivity contribution in [1.29, 1.82) is 0 Å². The van der Waals surface area contributed by atoms with Gasteiger partial charge in [0.15, 0.2) is 0 Å². The smallest absolute Gasteiger partial charge is 0.131 e. The summed E-state index contributed by atoms with van der Waals surface area (Å²) in [5, 5.41) is 1.18.